The molecule has 0 nitrogen and oxygen atoms in total. The number of allylic oxidation sites excluding steroid dienone is 10. The van der Waals surface area contributed by atoms with Crippen LogP contribution in [0.2, 0.25) is 13.1 Å². The Hall–Kier alpha value is -2.90. The molecule has 35 heavy (non-hydrogen) atoms. The maximum atomic E-state index is 2.63. The van der Waals surface area contributed by atoms with E-state index in [4.69, 9.17) is 0 Å². The largest absolute Gasteiger partial charge is 0.114 e. The highest BCUT2D eigenvalue weighted by atomic mass is 28.3. The first kappa shape index (κ1) is 22.6. The zero-order valence-corrected chi connectivity index (χ0v) is 22.6. The zero-order valence-electron chi connectivity index (χ0n) is 21.6. The van der Waals surface area contributed by atoms with Gasteiger partial charge in [-0.3, -0.25) is 0 Å². The van der Waals surface area contributed by atoms with Crippen molar-refractivity contribution in [2.24, 2.45) is 0 Å². The van der Waals surface area contributed by atoms with Gasteiger partial charge in [0.2, 0.25) is 0 Å². The normalized spacial score (nSPS) is 20.9. The lowest BCUT2D eigenvalue weighted by molar-refractivity contribution is 0.921. The first-order valence-corrected chi connectivity index (χ1v) is 16.5. The van der Waals surface area contributed by atoms with Crippen molar-refractivity contribution in [2.45, 2.75) is 64.5 Å². The number of fused-ring (bicyclic) bond motifs is 6. The topological polar surface area (TPSA) is 0 Å². The Bertz CT molecular complexity index is 1280. The lowest BCUT2D eigenvalue weighted by Crippen LogP contribution is -2.57. The number of hydrogen-bond acceptors (Lipinski definition) is 0. The molecule has 2 aromatic carbocycles. The third kappa shape index (κ3) is 3.47. The highest BCUT2D eigenvalue weighted by Gasteiger charge is 2.39. The van der Waals surface area contributed by atoms with Gasteiger partial charge in [0, 0.05) is 11.8 Å². The molecule has 0 radical (unpaired) electrons. The first-order chi connectivity index (χ1) is 17.0. The summed E-state index contributed by atoms with van der Waals surface area (Å²) in [6.45, 7) is 9.92. The summed E-state index contributed by atoms with van der Waals surface area (Å²) in [5.41, 5.74) is 12.2. The van der Waals surface area contributed by atoms with Crippen LogP contribution in [0.4, 0.5) is 0 Å². The van der Waals surface area contributed by atoms with Crippen molar-refractivity contribution < 1.29 is 0 Å². The fourth-order valence-corrected chi connectivity index (χ4v) is 11.1. The molecule has 2 atom stereocenters. The van der Waals surface area contributed by atoms with Crippen molar-refractivity contribution in [2.75, 3.05) is 0 Å². The second-order valence-electron chi connectivity index (χ2n) is 11.1. The van der Waals surface area contributed by atoms with Crippen LogP contribution in [0.5, 0.6) is 0 Å². The summed E-state index contributed by atoms with van der Waals surface area (Å²) in [4.78, 5) is 0. The lowest BCUT2D eigenvalue weighted by Gasteiger charge is -2.33. The van der Waals surface area contributed by atoms with E-state index in [1.165, 1.54) is 46.2 Å². The van der Waals surface area contributed by atoms with Crippen molar-refractivity contribution in [3.05, 3.63) is 117 Å². The summed E-state index contributed by atoms with van der Waals surface area (Å²) < 4.78 is 0. The molecule has 176 valence electrons. The van der Waals surface area contributed by atoms with Gasteiger partial charge in [0.1, 0.15) is 8.07 Å². The molecule has 4 aliphatic rings. The van der Waals surface area contributed by atoms with E-state index >= 15 is 0 Å². The molecule has 4 aliphatic carbocycles. The molecule has 0 saturated carbocycles. The lowest BCUT2D eigenvalue weighted by atomic mass is 9.91. The molecular weight excluding hydrogens is 436 g/mol. The van der Waals surface area contributed by atoms with Crippen molar-refractivity contribution in [3.63, 3.8) is 0 Å². The Labute approximate surface area is 212 Å². The SMILES string of the molecule is CCCc1ccc2c(c1[Si](C)(C)c1c(CCC)ccc3c1C=C1C=CC=CC13)C=C1C=CC=CC12. The van der Waals surface area contributed by atoms with Gasteiger partial charge in [0.15, 0.2) is 0 Å². The fraction of sp³-hybridized carbons (Fsp3) is 0.294. The van der Waals surface area contributed by atoms with E-state index in [2.05, 4.69) is 112 Å². The van der Waals surface area contributed by atoms with E-state index in [0.717, 1.165) is 12.8 Å². The Balaban J connectivity index is 1.62. The summed E-state index contributed by atoms with van der Waals surface area (Å²) in [5, 5.41) is 3.37. The van der Waals surface area contributed by atoms with Crippen molar-refractivity contribution in [1.29, 1.82) is 0 Å². The van der Waals surface area contributed by atoms with Gasteiger partial charge in [-0.05, 0) is 67.7 Å². The molecule has 6 rings (SSSR count). The van der Waals surface area contributed by atoms with E-state index in [1.807, 2.05) is 0 Å². The van der Waals surface area contributed by atoms with Gasteiger partial charge < -0.3 is 0 Å². The molecule has 0 N–H and O–H groups in total. The minimum absolute atomic E-state index is 0.422. The maximum absolute atomic E-state index is 2.63. The number of benzene rings is 2. The summed E-state index contributed by atoms with van der Waals surface area (Å²) in [5.74, 6) is 0.845. The summed E-state index contributed by atoms with van der Waals surface area (Å²) >= 11 is 0. The average molecular weight is 473 g/mol. The Morgan fingerprint density at radius 2 is 1.09 bits per heavy atom. The fourth-order valence-electron chi connectivity index (χ4n) is 7.06. The number of rotatable bonds is 6. The van der Waals surface area contributed by atoms with Crippen LogP contribution >= 0.6 is 0 Å². The third-order valence-corrected chi connectivity index (χ3v) is 12.1. The number of aryl methyl sites for hydroxylation is 2. The molecular formula is C34H36Si. The zero-order chi connectivity index (χ0) is 24.2. The summed E-state index contributed by atoms with van der Waals surface area (Å²) in [6.07, 6.45) is 28.0. The summed E-state index contributed by atoms with van der Waals surface area (Å²) in [7, 11) is -2.05. The van der Waals surface area contributed by atoms with Crippen LogP contribution in [0.15, 0.2) is 84.0 Å². The average Bonchev–Trinajstić information content (AvgIpc) is 3.42. The minimum Gasteiger partial charge on any atom is -0.0726 e. The van der Waals surface area contributed by atoms with Crippen LogP contribution in [0.25, 0.3) is 12.2 Å². The molecule has 2 unspecified atom stereocenters. The molecule has 0 heterocycles. The molecule has 0 spiro atoms. The van der Waals surface area contributed by atoms with Crippen LogP contribution in [0, 0.1) is 0 Å². The maximum Gasteiger partial charge on any atom is 0.114 e. The first-order valence-electron chi connectivity index (χ1n) is 13.5. The van der Waals surface area contributed by atoms with E-state index < -0.39 is 8.07 Å². The van der Waals surface area contributed by atoms with Gasteiger partial charge in [-0.2, -0.15) is 0 Å². The molecule has 0 saturated heterocycles. The molecule has 0 fully saturated rings. The van der Waals surface area contributed by atoms with Crippen LogP contribution in [-0.2, 0) is 12.8 Å². The van der Waals surface area contributed by atoms with E-state index in [0.29, 0.717) is 11.8 Å². The molecule has 1 heteroatoms. The van der Waals surface area contributed by atoms with Crippen LogP contribution in [0.1, 0.15) is 71.9 Å². The van der Waals surface area contributed by atoms with Gasteiger partial charge in [-0.1, -0.05) is 125 Å². The monoisotopic (exact) mass is 472 g/mol. The predicted molar refractivity (Wildman–Crippen MR) is 156 cm³/mol. The Morgan fingerprint density at radius 3 is 1.51 bits per heavy atom. The van der Waals surface area contributed by atoms with E-state index in [-0.39, 0.29) is 0 Å². The molecule has 0 aliphatic heterocycles. The molecule has 2 aromatic rings. The smallest absolute Gasteiger partial charge is 0.0726 e. The second kappa shape index (κ2) is 8.64. The van der Waals surface area contributed by atoms with Crippen molar-refractivity contribution in [1.82, 2.24) is 0 Å². The molecule has 0 aromatic heterocycles. The van der Waals surface area contributed by atoms with Crippen molar-refractivity contribution in [3.8, 4) is 0 Å². The Kier molecular flexibility index (Phi) is 5.57. The van der Waals surface area contributed by atoms with Crippen LogP contribution in [0.3, 0.4) is 0 Å². The van der Waals surface area contributed by atoms with Crippen LogP contribution < -0.4 is 10.4 Å². The number of hydrogen-bond donors (Lipinski definition) is 0. The highest BCUT2D eigenvalue weighted by Crippen LogP contribution is 2.42. The van der Waals surface area contributed by atoms with Gasteiger partial charge >= 0.3 is 0 Å². The summed E-state index contributed by atoms with van der Waals surface area (Å²) in [6, 6.07) is 9.81. The van der Waals surface area contributed by atoms with Gasteiger partial charge in [0.05, 0.1) is 0 Å². The third-order valence-electron chi connectivity index (χ3n) is 8.44. The quantitative estimate of drug-likeness (QED) is 0.379. The minimum atomic E-state index is -2.05. The van der Waals surface area contributed by atoms with E-state index in [1.54, 1.807) is 21.5 Å². The molecule has 0 bridgehead atoms. The Morgan fingerprint density at radius 1 is 0.629 bits per heavy atom. The van der Waals surface area contributed by atoms with Crippen LogP contribution in [-0.4, -0.2) is 8.07 Å². The van der Waals surface area contributed by atoms with Gasteiger partial charge in [0.25, 0.3) is 0 Å². The predicted octanol–water partition coefficient (Wildman–Crippen LogP) is 7.63. The van der Waals surface area contributed by atoms with E-state index in [9.17, 15) is 0 Å². The highest BCUT2D eigenvalue weighted by molar-refractivity contribution is 7.01. The van der Waals surface area contributed by atoms with Gasteiger partial charge in [-0.15, -0.1) is 0 Å². The van der Waals surface area contributed by atoms with Crippen molar-refractivity contribution >= 4 is 30.6 Å². The molecule has 0 amide bonds. The van der Waals surface area contributed by atoms with Gasteiger partial charge in [-0.25, -0.2) is 0 Å². The second-order valence-corrected chi connectivity index (χ2v) is 15.3. The standard InChI is InChI=1S/C34H36Si/c1-5-11-23-17-19-29-27-15-9-7-13-25(27)21-31(29)33(23)35(3,4)34-24(12-6-2)18-20-30-28-16-10-8-14-26(28)22-32(30)34/h7-10,13-22,27-28H,5-6,11-12H2,1-4H3.